The topological polar surface area (TPSA) is 115 Å². The van der Waals surface area contributed by atoms with Crippen molar-refractivity contribution in [2.45, 2.75) is 44.7 Å². The number of rotatable bonds is 7. The highest BCUT2D eigenvalue weighted by atomic mass is 35.5. The monoisotopic (exact) mass is 317 g/mol. The first-order chi connectivity index (χ1) is 9.47. The molecule has 2 atom stereocenters. The molecule has 0 heterocycles. The van der Waals surface area contributed by atoms with E-state index >= 15 is 0 Å². The zero-order valence-corrected chi connectivity index (χ0v) is 13.4. The van der Waals surface area contributed by atoms with Crippen molar-refractivity contribution in [3.8, 4) is 0 Å². The molecule has 1 rings (SSSR count). The molecule has 0 bridgehead atoms. The average Bonchev–Trinajstić information content (AvgIpc) is 2.40. The minimum atomic E-state index is -0.933. The molecule has 0 aromatic heterocycles. The maximum atomic E-state index is 10.1. The summed E-state index contributed by atoms with van der Waals surface area (Å²) < 4.78 is 0. The van der Waals surface area contributed by atoms with Gasteiger partial charge in [0.1, 0.15) is 6.04 Å². The molecule has 21 heavy (non-hydrogen) atoms. The summed E-state index contributed by atoms with van der Waals surface area (Å²) in [5.74, 6) is -0.933. The van der Waals surface area contributed by atoms with Crippen LogP contribution < -0.4 is 17.2 Å². The van der Waals surface area contributed by atoms with Crippen molar-refractivity contribution in [3.05, 3.63) is 35.9 Å². The Labute approximate surface area is 133 Å². The lowest BCUT2D eigenvalue weighted by Gasteiger charge is -2.03. The lowest BCUT2D eigenvalue weighted by atomic mass is 10.1. The van der Waals surface area contributed by atoms with Gasteiger partial charge in [-0.2, -0.15) is 0 Å². The zero-order chi connectivity index (χ0) is 15.4. The fourth-order valence-electron chi connectivity index (χ4n) is 1.62. The number of halogens is 1. The maximum Gasteiger partial charge on any atom is 0.320 e. The Bertz CT molecular complexity index is 361. The highest BCUT2D eigenvalue weighted by Gasteiger charge is 2.09. The van der Waals surface area contributed by atoms with E-state index in [0.717, 1.165) is 19.3 Å². The van der Waals surface area contributed by atoms with Crippen LogP contribution in [0.25, 0.3) is 0 Å². The van der Waals surface area contributed by atoms with Crippen molar-refractivity contribution >= 4 is 18.4 Å². The molecule has 0 amide bonds. The molecular weight excluding hydrogens is 290 g/mol. The molecule has 0 aliphatic heterocycles. The molecule has 6 heteroatoms. The number of unbranched alkanes of at least 4 members (excludes halogenated alkanes) is 1. The average molecular weight is 318 g/mol. The molecule has 0 aliphatic carbocycles. The molecular formula is C15H28ClN3O2. The van der Waals surface area contributed by atoms with Crippen LogP contribution in [-0.2, 0) is 11.2 Å². The first-order valence-electron chi connectivity index (χ1n) is 6.95. The van der Waals surface area contributed by atoms with Gasteiger partial charge in [0, 0.05) is 6.04 Å². The van der Waals surface area contributed by atoms with E-state index in [1.165, 1.54) is 5.56 Å². The summed E-state index contributed by atoms with van der Waals surface area (Å²) in [6.45, 7) is 2.62. The number of hydrogen-bond donors (Lipinski definition) is 4. The summed E-state index contributed by atoms with van der Waals surface area (Å²) in [5.41, 5.74) is 17.4. The van der Waals surface area contributed by atoms with Crippen molar-refractivity contribution in [2.75, 3.05) is 6.54 Å². The predicted octanol–water partition coefficient (Wildman–Crippen LogP) is 1.53. The molecule has 5 nitrogen and oxygen atoms in total. The second-order valence-corrected chi connectivity index (χ2v) is 4.90. The summed E-state index contributed by atoms with van der Waals surface area (Å²) in [7, 11) is 0. The van der Waals surface area contributed by atoms with Gasteiger partial charge in [0.05, 0.1) is 0 Å². The van der Waals surface area contributed by atoms with Crippen LogP contribution in [0.1, 0.15) is 31.7 Å². The van der Waals surface area contributed by atoms with Crippen LogP contribution in [-0.4, -0.2) is 29.7 Å². The molecule has 0 fully saturated rings. The van der Waals surface area contributed by atoms with Crippen LogP contribution in [0.2, 0.25) is 0 Å². The molecule has 122 valence electrons. The number of aliphatic carboxylic acids is 1. The largest absolute Gasteiger partial charge is 0.480 e. The van der Waals surface area contributed by atoms with E-state index in [-0.39, 0.29) is 18.4 Å². The van der Waals surface area contributed by atoms with Crippen LogP contribution in [0.4, 0.5) is 0 Å². The fourth-order valence-corrected chi connectivity index (χ4v) is 1.62. The lowest BCUT2D eigenvalue weighted by molar-refractivity contribution is -0.138. The van der Waals surface area contributed by atoms with Gasteiger partial charge >= 0.3 is 5.97 Å². The molecule has 0 saturated carbocycles. The van der Waals surface area contributed by atoms with Crippen molar-refractivity contribution in [1.82, 2.24) is 0 Å². The number of carbonyl (C=O) groups is 1. The van der Waals surface area contributed by atoms with Crippen LogP contribution in [0, 0.1) is 0 Å². The Balaban J connectivity index is 0. The third kappa shape index (κ3) is 13.6. The predicted molar refractivity (Wildman–Crippen MR) is 89.6 cm³/mol. The standard InChI is InChI=1S/C9H13N.C6H14N2O2.ClH/c1-8(10)7-9-5-3-2-4-6-9;7-4-2-1-3-5(8)6(9)10;/h2-6,8H,7,10H2,1H3;5H,1-4,7-8H2,(H,9,10);1H. The first kappa shape index (κ1) is 22.1. The maximum absolute atomic E-state index is 10.1. The summed E-state index contributed by atoms with van der Waals surface area (Å²) in [6.07, 6.45) is 3.14. The summed E-state index contributed by atoms with van der Waals surface area (Å²) in [6, 6.07) is 9.85. The van der Waals surface area contributed by atoms with Crippen LogP contribution in [0.5, 0.6) is 0 Å². The van der Waals surface area contributed by atoms with Gasteiger partial charge < -0.3 is 22.3 Å². The minimum absolute atomic E-state index is 0. The molecule has 0 aliphatic rings. The smallest absolute Gasteiger partial charge is 0.320 e. The minimum Gasteiger partial charge on any atom is -0.480 e. The Morgan fingerprint density at radius 3 is 2.19 bits per heavy atom. The number of benzene rings is 1. The second kappa shape index (κ2) is 13.8. The van der Waals surface area contributed by atoms with E-state index in [0.29, 0.717) is 13.0 Å². The molecule has 7 N–H and O–H groups in total. The molecule has 0 spiro atoms. The first-order valence-corrected chi connectivity index (χ1v) is 6.95. The summed E-state index contributed by atoms with van der Waals surface area (Å²) in [5, 5.41) is 8.33. The Morgan fingerprint density at radius 1 is 1.19 bits per heavy atom. The number of nitrogens with two attached hydrogens (primary N) is 3. The quantitative estimate of drug-likeness (QED) is 0.569. The highest BCUT2D eigenvalue weighted by molar-refractivity contribution is 5.85. The number of carboxylic acid groups (broad SMARTS) is 1. The van der Waals surface area contributed by atoms with E-state index in [1.54, 1.807) is 0 Å². The van der Waals surface area contributed by atoms with Crippen LogP contribution in [0.3, 0.4) is 0 Å². The highest BCUT2D eigenvalue weighted by Crippen LogP contribution is 2.00. The van der Waals surface area contributed by atoms with Crippen molar-refractivity contribution in [3.63, 3.8) is 0 Å². The summed E-state index contributed by atoms with van der Waals surface area (Å²) in [4.78, 5) is 10.1. The second-order valence-electron chi connectivity index (χ2n) is 4.90. The lowest BCUT2D eigenvalue weighted by Crippen LogP contribution is -2.29. The van der Waals surface area contributed by atoms with Crippen molar-refractivity contribution in [1.29, 1.82) is 0 Å². The third-order valence-corrected chi connectivity index (χ3v) is 2.69. The SMILES string of the molecule is CC(N)Cc1ccccc1.Cl.NCCCCC(N)C(=O)O. The van der Waals surface area contributed by atoms with Crippen LogP contribution >= 0.6 is 12.4 Å². The fraction of sp³-hybridized carbons (Fsp3) is 0.533. The van der Waals surface area contributed by atoms with Crippen LogP contribution in [0.15, 0.2) is 30.3 Å². The van der Waals surface area contributed by atoms with E-state index in [2.05, 4.69) is 12.1 Å². The van der Waals surface area contributed by atoms with E-state index < -0.39 is 12.0 Å². The molecule has 0 radical (unpaired) electrons. The van der Waals surface area contributed by atoms with E-state index in [9.17, 15) is 4.79 Å². The van der Waals surface area contributed by atoms with Gasteiger partial charge in [0.15, 0.2) is 0 Å². The number of hydrogen-bond acceptors (Lipinski definition) is 4. The van der Waals surface area contributed by atoms with Gasteiger partial charge in [-0.15, -0.1) is 12.4 Å². The van der Waals surface area contributed by atoms with Gasteiger partial charge in [-0.25, -0.2) is 0 Å². The Kier molecular flexibility index (Phi) is 14.6. The van der Waals surface area contributed by atoms with Gasteiger partial charge in [-0.3, -0.25) is 4.79 Å². The molecule has 2 unspecified atom stereocenters. The Morgan fingerprint density at radius 2 is 1.76 bits per heavy atom. The molecule has 0 saturated heterocycles. The van der Waals surface area contributed by atoms with E-state index in [4.69, 9.17) is 22.3 Å². The molecule has 1 aromatic carbocycles. The van der Waals surface area contributed by atoms with Crippen molar-refractivity contribution in [2.24, 2.45) is 17.2 Å². The van der Waals surface area contributed by atoms with Gasteiger partial charge in [-0.1, -0.05) is 36.8 Å². The van der Waals surface area contributed by atoms with Crippen molar-refractivity contribution < 1.29 is 9.90 Å². The van der Waals surface area contributed by atoms with Gasteiger partial charge in [-0.05, 0) is 38.3 Å². The van der Waals surface area contributed by atoms with Gasteiger partial charge in [0.2, 0.25) is 0 Å². The Hall–Kier alpha value is -1.14. The normalized spacial score (nSPS) is 12.4. The zero-order valence-electron chi connectivity index (χ0n) is 12.6. The molecule has 1 aromatic rings. The number of carboxylic acids is 1. The van der Waals surface area contributed by atoms with E-state index in [1.807, 2.05) is 25.1 Å². The summed E-state index contributed by atoms with van der Waals surface area (Å²) >= 11 is 0. The third-order valence-electron chi connectivity index (χ3n) is 2.69. The van der Waals surface area contributed by atoms with Gasteiger partial charge in [0.25, 0.3) is 0 Å².